The van der Waals surface area contributed by atoms with E-state index in [0.717, 1.165) is 43.9 Å². The normalized spacial score (nSPS) is 18.7. The Labute approximate surface area is 170 Å². The molecule has 2 aliphatic rings. The zero-order valence-corrected chi connectivity index (χ0v) is 16.3. The molecule has 3 aromatic rings. The highest BCUT2D eigenvalue weighted by atomic mass is 16.7. The van der Waals surface area contributed by atoms with E-state index in [2.05, 4.69) is 52.7 Å². The zero-order chi connectivity index (χ0) is 19.6. The van der Waals surface area contributed by atoms with Gasteiger partial charge in [0.05, 0.1) is 5.92 Å². The molecule has 148 valence electrons. The second-order valence-corrected chi connectivity index (χ2v) is 7.77. The third-order valence-electron chi connectivity index (χ3n) is 5.79. The molecule has 0 saturated carbocycles. The molecule has 0 radical (unpaired) electrons. The number of benzene rings is 3. The standard InChI is InChI=1S/C24H24N2O3/c27-24(25-20-10-11-22-23(13-20)29-16-28-22)19-8-4-12-26(15-19)14-18-7-3-6-17-5-1-2-9-21(17)18/h1-3,5-7,9-11,13,19H,4,8,12,14-16H2,(H,25,27). The van der Waals surface area contributed by atoms with Crippen molar-refractivity contribution in [1.82, 2.24) is 4.90 Å². The molecule has 1 N–H and O–H groups in total. The van der Waals surface area contributed by atoms with Gasteiger partial charge in [0.1, 0.15) is 0 Å². The molecule has 0 aliphatic carbocycles. The summed E-state index contributed by atoms with van der Waals surface area (Å²) in [6, 6.07) is 20.5. The fourth-order valence-electron chi connectivity index (χ4n) is 4.30. The van der Waals surface area contributed by atoms with E-state index >= 15 is 0 Å². The average molecular weight is 388 g/mol. The fraction of sp³-hybridized carbons (Fsp3) is 0.292. The Morgan fingerprint density at radius 2 is 1.90 bits per heavy atom. The Morgan fingerprint density at radius 3 is 2.86 bits per heavy atom. The molecule has 3 aromatic carbocycles. The fourth-order valence-corrected chi connectivity index (χ4v) is 4.30. The van der Waals surface area contributed by atoms with Crippen LogP contribution in [0, 0.1) is 5.92 Å². The number of fused-ring (bicyclic) bond motifs is 2. The van der Waals surface area contributed by atoms with E-state index in [1.807, 2.05) is 18.2 Å². The van der Waals surface area contributed by atoms with Gasteiger partial charge in [-0.2, -0.15) is 0 Å². The summed E-state index contributed by atoms with van der Waals surface area (Å²) in [6.45, 7) is 2.91. The third kappa shape index (κ3) is 3.78. The number of amides is 1. The maximum Gasteiger partial charge on any atom is 0.231 e. The first-order chi connectivity index (χ1) is 14.3. The molecular weight excluding hydrogens is 364 g/mol. The average Bonchev–Trinajstić information content (AvgIpc) is 3.22. The SMILES string of the molecule is O=C(Nc1ccc2c(c1)OCO2)C1CCCN(Cc2cccc3ccccc23)C1. The maximum atomic E-state index is 12.9. The zero-order valence-electron chi connectivity index (χ0n) is 16.3. The number of hydrogen-bond donors (Lipinski definition) is 1. The van der Waals surface area contributed by atoms with Gasteiger partial charge in [0, 0.05) is 24.8 Å². The van der Waals surface area contributed by atoms with Crippen molar-refractivity contribution in [2.45, 2.75) is 19.4 Å². The summed E-state index contributed by atoms with van der Waals surface area (Å²) >= 11 is 0. The molecule has 1 fully saturated rings. The largest absolute Gasteiger partial charge is 0.454 e. The Morgan fingerprint density at radius 1 is 1.03 bits per heavy atom. The van der Waals surface area contributed by atoms with E-state index in [0.29, 0.717) is 5.75 Å². The second-order valence-electron chi connectivity index (χ2n) is 7.77. The van der Waals surface area contributed by atoms with Crippen molar-refractivity contribution in [3.05, 3.63) is 66.2 Å². The van der Waals surface area contributed by atoms with Gasteiger partial charge in [-0.15, -0.1) is 0 Å². The van der Waals surface area contributed by atoms with Crippen LogP contribution in [0.25, 0.3) is 10.8 Å². The van der Waals surface area contributed by atoms with Gasteiger partial charge in [0.2, 0.25) is 12.7 Å². The van der Waals surface area contributed by atoms with Gasteiger partial charge in [-0.3, -0.25) is 9.69 Å². The minimum atomic E-state index is -0.0100. The molecule has 1 unspecified atom stereocenters. The first-order valence-electron chi connectivity index (χ1n) is 10.2. The quantitative estimate of drug-likeness (QED) is 0.719. The Kier molecular flexibility index (Phi) is 4.82. The highest BCUT2D eigenvalue weighted by Gasteiger charge is 2.26. The third-order valence-corrected chi connectivity index (χ3v) is 5.79. The molecule has 1 saturated heterocycles. The second kappa shape index (κ2) is 7.76. The van der Waals surface area contributed by atoms with Crippen LogP contribution in [0.5, 0.6) is 11.5 Å². The molecule has 0 spiro atoms. The number of anilines is 1. The van der Waals surface area contributed by atoms with E-state index in [1.165, 1.54) is 16.3 Å². The lowest BCUT2D eigenvalue weighted by molar-refractivity contribution is -0.121. The topological polar surface area (TPSA) is 50.8 Å². The highest BCUT2D eigenvalue weighted by Crippen LogP contribution is 2.34. The molecule has 5 heteroatoms. The van der Waals surface area contributed by atoms with Crippen molar-refractivity contribution in [3.63, 3.8) is 0 Å². The van der Waals surface area contributed by atoms with E-state index < -0.39 is 0 Å². The number of hydrogen-bond acceptors (Lipinski definition) is 4. The molecule has 0 aromatic heterocycles. The maximum absolute atomic E-state index is 12.9. The Bertz CT molecular complexity index is 1040. The number of nitrogens with zero attached hydrogens (tertiary/aromatic N) is 1. The van der Waals surface area contributed by atoms with Crippen molar-refractivity contribution < 1.29 is 14.3 Å². The number of likely N-dealkylation sites (tertiary alicyclic amines) is 1. The van der Waals surface area contributed by atoms with E-state index in [4.69, 9.17) is 9.47 Å². The highest BCUT2D eigenvalue weighted by molar-refractivity contribution is 5.93. The van der Waals surface area contributed by atoms with Crippen LogP contribution in [0.2, 0.25) is 0 Å². The molecule has 2 aliphatic heterocycles. The molecule has 29 heavy (non-hydrogen) atoms. The Balaban J connectivity index is 1.26. The van der Waals surface area contributed by atoms with Crippen LogP contribution in [0.4, 0.5) is 5.69 Å². The lowest BCUT2D eigenvalue weighted by Crippen LogP contribution is -2.40. The minimum absolute atomic E-state index is 0.0100. The van der Waals surface area contributed by atoms with Crippen LogP contribution in [-0.4, -0.2) is 30.7 Å². The van der Waals surface area contributed by atoms with Gasteiger partial charge in [0.25, 0.3) is 0 Å². The van der Waals surface area contributed by atoms with Crippen molar-refractivity contribution >= 4 is 22.4 Å². The van der Waals surface area contributed by atoms with Gasteiger partial charge in [0.15, 0.2) is 11.5 Å². The van der Waals surface area contributed by atoms with Crippen molar-refractivity contribution in [2.75, 3.05) is 25.2 Å². The van der Waals surface area contributed by atoms with Crippen LogP contribution in [-0.2, 0) is 11.3 Å². The van der Waals surface area contributed by atoms with Crippen LogP contribution in [0.3, 0.4) is 0 Å². The van der Waals surface area contributed by atoms with Crippen molar-refractivity contribution in [3.8, 4) is 11.5 Å². The van der Waals surface area contributed by atoms with Crippen LogP contribution in [0.1, 0.15) is 18.4 Å². The number of carbonyl (C=O) groups excluding carboxylic acids is 1. The molecule has 1 atom stereocenters. The van der Waals surface area contributed by atoms with E-state index in [-0.39, 0.29) is 18.6 Å². The van der Waals surface area contributed by atoms with Crippen molar-refractivity contribution in [1.29, 1.82) is 0 Å². The summed E-state index contributed by atoms with van der Waals surface area (Å²) in [4.78, 5) is 15.3. The summed E-state index contributed by atoms with van der Waals surface area (Å²) in [6.07, 6.45) is 1.95. The molecule has 5 nitrogen and oxygen atoms in total. The number of nitrogens with one attached hydrogen (secondary N) is 1. The number of rotatable bonds is 4. The Hall–Kier alpha value is -3.05. The first-order valence-corrected chi connectivity index (χ1v) is 10.2. The van der Waals surface area contributed by atoms with Gasteiger partial charge in [-0.1, -0.05) is 42.5 Å². The van der Waals surface area contributed by atoms with E-state index in [1.54, 1.807) is 0 Å². The molecule has 2 heterocycles. The van der Waals surface area contributed by atoms with Crippen LogP contribution in [0.15, 0.2) is 60.7 Å². The number of piperidine rings is 1. The van der Waals surface area contributed by atoms with Crippen molar-refractivity contribution in [2.24, 2.45) is 5.92 Å². The number of carbonyl (C=O) groups is 1. The monoisotopic (exact) mass is 388 g/mol. The summed E-state index contributed by atoms with van der Waals surface area (Å²) < 4.78 is 10.7. The predicted octanol–water partition coefficient (Wildman–Crippen LogP) is 4.42. The summed E-state index contributed by atoms with van der Waals surface area (Å²) in [7, 11) is 0. The minimum Gasteiger partial charge on any atom is -0.454 e. The summed E-state index contributed by atoms with van der Waals surface area (Å²) in [5.41, 5.74) is 2.07. The van der Waals surface area contributed by atoms with Gasteiger partial charge in [-0.25, -0.2) is 0 Å². The number of ether oxygens (including phenoxy) is 2. The van der Waals surface area contributed by atoms with Crippen LogP contribution >= 0.6 is 0 Å². The predicted molar refractivity (Wildman–Crippen MR) is 113 cm³/mol. The summed E-state index contributed by atoms with van der Waals surface area (Å²) in [5, 5.41) is 5.61. The van der Waals surface area contributed by atoms with E-state index in [9.17, 15) is 4.79 Å². The molecular formula is C24H24N2O3. The molecule has 5 rings (SSSR count). The van der Waals surface area contributed by atoms with Gasteiger partial charge >= 0.3 is 0 Å². The molecule has 1 amide bonds. The van der Waals surface area contributed by atoms with Gasteiger partial charge in [-0.05, 0) is 47.9 Å². The lowest BCUT2D eigenvalue weighted by Gasteiger charge is -2.32. The lowest BCUT2D eigenvalue weighted by atomic mass is 9.96. The first kappa shape index (κ1) is 18.0. The van der Waals surface area contributed by atoms with Crippen LogP contribution < -0.4 is 14.8 Å². The summed E-state index contributed by atoms with van der Waals surface area (Å²) in [5.74, 6) is 1.47. The molecule has 0 bridgehead atoms. The smallest absolute Gasteiger partial charge is 0.231 e. The van der Waals surface area contributed by atoms with Gasteiger partial charge < -0.3 is 14.8 Å².